The van der Waals surface area contributed by atoms with Gasteiger partial charge in [0.2, 0.25) is 11.7 Å². The van der Waals surface area contributed by atoms with Crippen molar-refractivity contribution >= 4 is 29.7 Å². The van der Waals surface area contributed by atoms with E-state index in [4.69, 9.17) is 29.4 Å². The van der Waals surface area contributed by atoms with Crippen molar-refractivity contribution < 1.29 is 57.9 Å². The Bertz CT molecular complexity index is 1330. The van der Waals surface area contributed by atoms with Crippen LogP contribution in [-0.4, -0.2) is 89.6 Å². The van der Waals surface area contributed by atoms with Crippen molar-refractivity contribution in [2.24, 2.45) is 34.3 Å². The van der Waals surface area contributed by atoms with Crippen LogP contribution in [0.3, 0.4) is 0 Å². The lowest BCUT2D eigenvalue weighted by molar-refractivity contribution is -0.290. The van der Waals surface area contributed by atoms with Crippen LogP contribution in [0.1, 0.15) is 53.9 Å². The number of ketones is 1. The fourth-order valence-electron chi connectivity index (χ4n) is 8.80. The summed E-state index contributed by atoms with van der Waals surface area (Å²) in [6, 6.07) is -0.486. The van der Waals surface area contributed by atoms with Gasteiger partial charge in [-0.1, -0.05) is 12.5 Å². The lowest BCUT2D eigenvalue weighted by Gasteiger charge is -2.67. The first-order chi connectivity index (χ1) is 20.1. The van der Waals surface area contributed by atoms with Crippen LogP contribution in [0.2, 0.25) is 0 Å². The molecule has 1 spiro atoms. The number of aliphatic hydroxyl groups excluding tert-OH is 2. The molecule has 13 heteroatoms. The van der Waals surface area contributed by atoms with Crippen LogP contribution >= 0.6 is 0 Å². The van der Waals surface area contributed by atoms with Gasteiger partial charge in [0.15, 0.2) is 11.5 Å². The topological polar surface area (TPSA) is 198 Å². The molecule has 11 atom stereocenters. The summed E-state index contributed by atoms with van der Waals surface area (Å²) in [5, 5.41) is 23.5. The molecule has 2 aliphatic heterocycles. The van der Waals surface area contributed by atoms with Gasteiger partial charge in [-0.2, -0.15) is 0 Å². The largest absolute Gasteiger partial charge is 0.467 e. The van der Waals surface area contributed by atoms with Crippen LogP contribution in [0.25, 0.3) is 0 Å². The van der Waals surface area contributed by atoms with Gasteiger partial charge in [-0.15, -0.1) is 0 Å². The third-order valence-electron chi connectivity index (χ3n) is 10.2. The van der Waals surface area contributed by atoms with Gasteiger partial charge in [-0.25, -0.2) is 14.4 Å². The first kappa shape index (κ1) is 31.3. The fraction of sp³-hybridized carbons (Fsp3) is 0.700. The van der Waals surface area contributed by atoms with Crippen LogP contribution in [0, 0.1) is 28.6 Å². The maximum Gasteiger partial charge on any atom is 0.348 e. The summed E-state index contributed by atoms with van der Waals surface area (Å²) in [6.07, 6.45) is -5.21. The monoisotopic (exact) mass is 605 g/mol. The number of Topliss-reactive ketones (excluding diaryl/α,β-unsaturated/α-hetero) is 1. The third-order valence-corrected chi connectivity index (χ3v) is 10.2. The Morgan fingerprint density at radius 1 is 1.19 bits per heavy atom. The summed E-state index contributed by atoms with van der Waals surface area (Å²) < 4.78 is 28.2. The lowest BCUT2D eigenvalue weighted by Crippen LogP contribution is -2.79. The highest BCUT2D eigenvalue weighted by atomic mass is 16.6. The number of fused-ring (bicyclic) bond motifs is 2. The van der Waals surface area contributed by atoms with Crippen LogP contribution in [0.5, 0.6) is 0 Å². The van der Waals surface area contributed by atoms with Crippen molar-refractivity contribution in [3.05, 3.63) is 23.0 Å². The minimum absolute atomic E-state index is 0.107. The van der Waals surface area contributed by atoms with Crippen LogP contribution in [0.15, 0.2) is 23.0 Å². The summed E-state index contributed by atoms with van der Waals surface area (Å²) in [4.78, 5) is 65.9. The van der Waals surface area contributed by atoms with Crippen molar-refractivity contribution in [2.75, 3.05) is 13.7 Å². The smallest absolute Gasteiger partial charge is 0.348 e. The number of hydrogen-bond donors (Lipinski definition) is 3. The van der Waals surface area contributed by atoms with E-state index in [1.54, 1.807) is 34.6 Å². The van der Waals surface area contributed by atoms with Crippen LogP contribution in [-0.2, 0) is 47.7 Å². The number of nitrogens with two attached hydrogens (primary N) is 1. The Morgan fingerprint density at radius 2 is 1.86 bits per heavy atom. The molecule has 0 aromatic carbocycles. The van der Waals surface area contributed by atoms with Gasteiger partial charge >= 0.3 is 23.9 Å². The number of esters is 4. The first-order valence-electron chi connectivity index (χ1n) is 14.4. The molecule has 0 amide bonds. The van der Waals surface area contributed by atoms with Crippen molar-refractivity contribution in [1.29, 1.82) is 0 Å². The Hall–Kier alpha value is -3.13. The summed E-state index contributed by atoms with van der Waals surface area (Å²) >= 11 is 0. The average Bonchev–Trinajstić information content (AvgIpc) is 3.21. The van der Waals surface area contributed by atoms with E-state index in [-0.39, 0.29) is 31.6 Å². The van der Waals surface area contributed by atoms with Crippen LogP contribution < -0.4 is 5.73 Å². The van der Waals surface area contributed by atoms with Crippen molar-refractivity contribution in [1.82, 2.24) is 0 Å². The van der Waals surface area contributed by atoms with Gasteiger partial charge in [0.25, 0.3) is 0 Å². The second kappa shape index (κ2) is 10.5. The summed E-state index contributed by atoms with van der Waals surface area (Å²) in [5.74, 6) is -6.95. The van der Waals surface area contributed by atoms with Gasteiger partial charge in [0.1, 0.15) is 12.2 Å². The van der Waals surface area contributed by atoms with E-state index in [0.717, 1.165) is 7.11 Å². The highest BCUT2D eigenvalue weighted by molar-refractivity contribution is 5.98. The number of carbonyl (C=O) groups is 5. The quantitative estimate of drug-likeness (QED) is 0.212. The molecule has 5 aliphatic rings. The molecule has 2 saturated carbocycles. The molecule has 2 saturated heterocycles. The zero-order valence-corrected chi connectivity index (χ0v) is 25.1. The number of hydrogen-bond acceptors (Lipinski definition) is 13. The van der Waals surface area contributed by atoms with Crippen LogP contribution in [0.4, 0.5) is 0 Å². The maximum atomic E-state index is 13.6. The van der Waals surface area contributed by atoms with Gasteiger partial charge < -0.3 is 39.6 Å². The SMILES string of the molecule is COC(=O)[C@@]12OC[C@]34C([C@@H](O)[C@@H]1O)[C@@]1(C)CC(=O)C(OC(=O)C[C@H](C)N)=C(C)[C@@H]1C[C@H]3OC(=O)[C@H](OC(=O)C=C(C)C)[C@@H]24. The number of aliphatic hydroxyl groups is 2. The van der Waals surface area contributed by atoms with Gasteiger partial charge in [0.05, 0.1) is 32.2 Å². The molecule has 4 N–H and O–H groups in total. The molecule has 0 aromatic rings. The van der Waals surface area contributed by atoms with E-state index < -0.39 is 94.3 Å². The Labute approximate surface area is 248 Å². The predicted octanol–water partition coefficient (Wildman–Crippen LogP) is 0.240. The van der Waals surface area contributed by atoms with E-state index >= 15 is 0 Å². The normalized spacial score (nSPS) is 41.7. The fourth-order valence-corrected chi connectivity index (χ4v) is 8.80. The molecule has 0 aromatic heterocycles. The zero-order chi connectivity index (χ0) is 31.8. The number of allylic oxidation sites excluding steroid dienone is 3. The highest BCUT2D eigenvalue weighted by Gasteiger charge is 2.85. The average molecular weight is 606 g/mol. The summed E-state index contributed by atoms with van der Waals surface area (Å²) in [6.45, 7) is 8.13. The molecule has 4 fully saturated rings. The number of ether oxygens (including phenoxy) is 5. The molecule has 5 rings (SSSR count). The maximum absolute atomic E-state index is 13.6. The number of carbonyl (C=O) groups excluding carboxylic acids is 5. The molecule has 43 heavy (non-hydrogen) atoms. The second-order valence-electron chi connectivity index (χ2n) is 13.1. The van der Waals surface area contributed by atoms with Gasteiger partial charge in [-0.3, -0.25) is 9.59 Å². The minimum atomic E-state index is -2.26. The van der Waals surface area contributed by atoms with Crippen molar-refractivity contribution in [3.63, 3.8) is 0 Å². The van der Waals surface area contributed by atoms with E-state index in [2.05, 4.69) is 0 Å². The zero-order valence-electron chi connectivity index (χ0n) is 25.1. The van der Waals surface area contributed by atoms with E-state index in [0.29, 0.717) is 11.1 Å². The van der Waals surface area contributed by atoms with E-state index in [1.165, 1.54) is 6.08 Å². The second-order valence-corrected chi connectivity index (χ2v) is 13.1. The Balaban J connectivity index is 1.67. The molecule has 1 unspecified atom stereocenters. The molecular formula is C30H39NO12. The number of methoxy groups -OCH3 is 1. The molecular weight excluding hydrogens is 566 g/mol. The third kappa shape index (κ3) is 4.30. The van der Waals surface area contributed by atoms with E-state index in [9.17, 15) is 34.2 Å². The summed E-state index contributed by atoms with van der Waals surface area (Å²) in [5.41, 5.74) is 2.06. The predicted molar refractivity (Wildman–Crippen MR) is 144 cm³/mol. The molecule has 236 valence electrons. The number of rotatable bonds is 6. The molecule has 13 nitrogen and oxygen atoms in total. The summed E-state index contributed by atoms with van der Waals surface area (Å²) in [7, 11) is 1.08. The van der Waals surface area contributed by atoms with Gasteiger partial charge in [0, 0.05) is 29.9 Å². The Morgan fingerprint density at radius 3 is 2.47 bits per heavy atom. The molecule has 2 bridgehead atoms. The minimum Gasteiger partial charge on any atom is -0.467 e. The molecule has 3 aliphatic carbocycles. The molecule has 2 heterocycles. The highest BCUT2D eigenvalue weighted by Crippen LogP contribution is 2.72. The first-order valence-corrected chi connectivity index (χ1v) is 14.4. The van der Waals surface area contributed by atoms with E-state index in [1.807, 2.05) is 0 Å². The Kier molecular flexibility index (Phi) is 7.64. The lowest BCUT2D eigenvalue weighted by atomic mass is 9.38. The van der Waals surface area contributed by atoms with Crippen molar-refractivity contribution in [3.8, 4) is 0 Å². The molecule has 0 radical (unpaired) electrons. The standard InChI is InChI=1S/C30H39NO12/c1-12(2)7-18(33)43-22-24-29-11-40-30(24,27(38)39-6)25(36)20(35)23(29)28(5)10-16(32)21(42-19(34)8-13(3)31)14(4)15(28)9-17(29)41-26(22)37/h7,13,15,17,20,22-25,35-36H,8-11,31H2,1-6H3/t13-,15-,17+,20+,22+,23?,24+,25-,28-,29+,30-/m0/s1. The van der Waals surface area contributed by atoms with Crippen molar-refractivity contribution in [2.45, 2.75) is 89.9 Å². The van der Waals surface area contributed by atoms with Gasteiger partial charge in [-0.05, 0) is 51.0 Å².